The second kappa shape index (κ2) is 5.20. The summed E-state index contributed by atoms with van der Waals surface area (Å²) in [5.74, 6) is -1.13. The third kappa shape index (κ3) is 2.97. The Morgan fingerprint density at radius 2 is 2.21 bits per heavy atom. The van der Waals surface area contributed by atoms with Crippen molar-refractivity contribution in [3.05, 3.63) is 17.0 Å². The third-order valence-electron chi connectivity index (χ3n) is 3.34. The molecular weight excluding hydrogens is 290 g/mol. The molecule has 1 aliphatic rings. The van der Waals surface area contributed by atoms with Crippen molar-refractivity contribution in [3.8, 4) is 0 Å². The number of hydrogen-bond acceptors (Lipinski definition) is 5. The van der Waals surface area contributed by atoms with Gasteiger partial charge >= 0.3 is 5.97 Å². The SMILES string of the molecule is COC1(CNS(=O)(=O)c2ccc(C(=O)O)s2)CCC1. The molecule has 0 amide bonds. The summed E-state index contributed by atoms with van der Waals surface area (Å²) in [6.07, 6.45) is 2.69. The molecule has 2 rings (SSSR count). The monoisotopic (exact) mass is 305 g/mol. The van der Waals surface area contributed by atoms with Crippen LogP contribution in [0.15, 0.2) is 16.3 Å². The fourth-order valence-electron chi connectivity index (χ4n) is 1.90. The van der Waals surface area contributed by atoms with Gasteiger partial charge in [-0.3, -0.25) is 0 Å². The van der Waals surface area contributed by atoms with Crippen molar-refractivity contribution in [2.75, 3.05) is 13.7 Å². The van der Waals surface area contributed by atoms with Gasteiger partial charge in [0.25, 0.3) is 0 Å². The zero-order chi connectivity index (χ0) is 14.1. The van der Waals surface area contributed by atoms with Crippen LogP contribution >= 0.6 is 11.3 Å². The predicted molar refractivity (Wildman–Crippen MR) is 70.1 cm³/mol. The number of rotatable bonds is 6. The molecule has 1 aromatic rings. The van der Waals surface area contributed by atoms with Crippen LogP contribution in [0.25, 0.3) is 0 Å². The molecule has 8 heteroatoms. The normalized spacial score (nSPS) is 17.9. The number of sulfonamides is 1. The molecule has 1 aromatic heterocycles. The van der Waals surface area contributed by atoms with E-state index >= 15 is 0 Å². The van der Waals surface area contributed by atoms with Crippen molar-refractivity contribution < 1.29 is 23.1 Å². The molecule has 1 fully saturated rings. The molecule has 0 radical (unpaired) electrons. The van der Waals surface area contributed by atoms with Crippen LogP contribution in [0.3, 0.4) is 0 Å². The van der Waals surface area contributed by atoms with E-state index in [0.717, 1.165) is 30.6 Å². The first-order chi connectivity index (χ1) is 8.88. The smallest absolute Gasteiger partial charge is 0.345 e. The number of thiophene rings is 1. The minimum absolute atomic E-state index is 0.00507. The van der Waals surface area contributed by atoms with Crippen LogP contribution in [0.1, 0.15) is 28.9 Å². The Morgan fingerprint density at radius 3 is 2.63 bits per heavy atom. The predicted octanol–water partition coefficient (Wildman–Crippen LogP) is 1.29. The molecule has 0 bridgehead atoms. The van der Waals surface area contributed by atoms with E-state index in [0.29, 0.717) is 0 Å². The van der Waals surface area contributed by atoms with E-state index in [9.17, 15) is 13.2 Å². The number of ether oxygens (including phenoxy) is 1. The van der Waals surface area contributed by atoms with Crippen molar-refractivity contribution in [2.45, 2.75) is 29.1 Å². The highest BCUT2D eigenvalue weighted by Crippen LogP contribution is 2.34. The third-order valence-corrected chi connectivity index (χ3v) is 6.31. The second-order valence-electron chi connectivity index (χ2n) is 4.49. The Morgan fingerprint density at radius 1 is 1.53 bits per heavy atom. The van der Waals surface area contributed by atoms with Crippen molar-refractivity contribution in [1.82, 2.24) is 4.72 Å². The zero-order valence-corrected chi connectivity index (χ0v) is 12.0. The molecule has 1 heterocycles. The van der Waals surface area contributed by atoms with Crippen LogP contribution in [0, 0.1) is 0 Å². The number of methoxy groups -OCH3 is 1. The van der Waals surface area contributed by atoms with Crippen LogP contribution < -0.4 is 4.72 Å². The Hall–Kier alpha value is -0.960. The van der Waals surface area contributed by atoms with Gasteiger partial charge < -0.3 is 9.84 Å². The Balaban J connectivity index is 2.07. The molecule has 6 nitrogen and oxygen atoms in total. The highest BCUT2D eigenvalue weighted by Gasteiger charge is 2.38. The summed E-state index contributed by atoms with van der Waals surface area (Å²) in [4.78, 5) is 10.7. The molecule has 0 saturated heterocycles. The van der Waals surface area contributed by atoms with E-state index in [-0.39, 0.29) is 15.6 Å². The summed E-state index contributed by atoms with van der Waals surface area (Å²) in [6, 6.07) is 2.59. The average molecular weight is 305 g/mol. The number of carboxylic acid groups (broad SMARTS) is 1. The number of carbonyl (C=O) groups is 1. The van der Waals surface area contributed by atoms with E-state index in [2.05, 4.69) is 4.72 Å². The first kappa shape index (κ1) is 14.4. The van der Waals surface area contributed by atoms with Crippen LogP contribution in [0.2, 0.25) is 0 Å². The molecule has 1 aliphatic carbocycles. The molecule has 2 N–H and O–H groups in total. The average Bonchev–Trinajstić information content (AvgIpc) is 2.78. The maximum Gasteiger partial charge on any atom is 0.345 e. The van der Waals surface area contributed by atoms with Gasteiger partial charge in [0.05, 0.1) is 5.60 Å². The highest BCUT2D eigenvalue weighted by atomic mass is 32.2. The van der Waals surface area contributed by atoms with Gasteiger partial charge in [0.2, 0.25) is 10.0 Å². The lowest BCUT2D eigenvalue weighted by atomic mass is 9.80. The largest absolute Gasteiger partial charge is 0.477 e. The standard InChI is InChI=1S/C11H15NO5S2/c1-17-11(5-2-6-11)7-12-19(15,16)9-4-3-8(18-9)10(13)14/h3-4,12H,2,5-7H2,1H3,(H,13,14). The van der Waals surface area contributed by atoms with E-state index in [4.69, 9.17) is 9.84 Å². The van der Waals surface area contributed by atoms with Crippen molar-refractivity contribution in [1.29, 1.82) is 0 Å². The summed E-state index contributed by atoms with van der Waals surface area (Å²) >= 11 is 0.741. The van der Waals surface area contributed by atoms with Crippen LogP contribution in [0.5, 0.6) is 0 Å². The number of hydrogen-bond donors (Lipinski definition) is 2. The van der Waals surface area contributed by atoms with E-state index in [1.165, 1.54) is 12.1 Å². The lowest BCUT2D eigenvalue weighted by Gasteiger charge is -2.40. The fraction of sp³-hybridized carbons (Fsp3) is 0.545. The summed E-state index contributed by atoms with van der Waals surface area (Å²) in [5.41, 5.74) is -0.403. The summed E-state index contributed by atoms with van der Waals surface area (Å²) in [7, 11) is -2.10. The van der Waals surface area contributed by atoms with E-state index in [1.54, 1.807) is 7.11 Å². The second-order valence-corrected chi connectivity index (χ2v) is 7.57. The molecule has 0 unspecified atom stereocenters. The Kier molecular flexibility index (Phi) is 3.95. The maximum atomic E-state index is 12.0. The number of nitrogens with one attached hydrogen (secondary N) is 1. The maximum absolute atomic E-state index is 12.0. The van der Waals surface area contributed by atoms with Gasteiger partial charge in [-0.1, -0.05) is 0 Å². The summed E-state index contributed by atoms with van der Waals surface area (Å²) in [6.45, 7) is 0.214. The van der Waals surface area contributed by atoms with Crippen molar-refractivity contribution in [2.24, 2.45) is 0 Å². The summed E-state index contributed by atoms with van der Waals surface area (Å²) in [5, 5.41) is 8.78. The Labute approximate surface area is 115 Å². The van der Waals surface area contributed by atoms with Gasteiger partial charge in [-0.05, 0) is 31.4 Å². The first-order valence-corrected chi connectivity index (χ1v) is 8.06. The molecule has 0 aromatic carbocycles. The van der Waals surface area contributed by atoms with Crippen molar-refractivity contribution >= 4 is 27.3 Å². The van der Waals surface area contributed by atoms with Crippen LogP contribution in [-0.4, -0.2) is 38.7 Å². The van der Waals surface area contributed by atoms with Crippen LogP contribution in [0.4, 0.5) is 0 Å². The molecular formula is C11H15NO5S2. The van der Waals surface area contributed by atoms with Crippen LogP contribution in [-0.2, 0) is 14.8 Å². The highest BCUT2D eigenvalue weighted by molar-refractivity contribution is 7.91. The lowest BCUT2D eigenvalue weighted by molar-refractivity contribution is -0.0659. The molecule has 0 aliphatic heterocycles. The lowest BCUT2D eigenvalue weighted by Crippen LogP contribution is -2.49. The molecule has 19 heavy (non-hydrogen) atoms. The summed E-state index contributed by atoms with van der Waals surface area (Å²) < 4.78 is 31.9. The zero-order valence-electron chi connectivity index (χ0n) is 10.4. The minimum Gasteiger partial charge on any atom is -0.477 e. The number of aromatic carboxylic acids is 1. The van der Waals surface area contributed by atoms with Gasteiger partial charge in [-0.25, -0.2) is 17.9 Å². The van der Waals surface area contributed by atoms with Gasteiger partial charge in [0.15, 0.2) is 0 Å². The van der Waals surface area contributed by atoms with E-state index in [1.807, 2.05) is 0 Å². The number of carboxylic acids is 1. The minimum atomic E-state index is -3.67. The Bertz CT molecular complexity index is 568. The molecule has 0 spiro atoms. The van der Waals surface area contributed by atoms with E-state index < -0.39 is 21.6 Å². The molecule has 1 saturated carbocycles. The van der Waals surface area contributed by atoms with Crippen molar-refractivity contribution in [3.63, 3.8) is 0 Å². The van der Waals surface area contributed by atoms with Gasteiger partial charge in [-0.2, -0.15) is 0 Å². The fourth-order valence-corrected chi connectivity index (χ4v) is 4.21. The molecule has 106 valence electrons. The topological polar surface area (TPSA) is 92.7 Å². The van der Waals surface area contributed by atoms with Gasteiger partial charge in [-0.15, -0.1) is 11.3 Å². The molecule has 0 atom stereocenters. The quantitative estimate of drug-likeness (QED) is 0.826. The first-order valence-electron chi connectivity index (χ1n) is 5.76. The van der Waals surface area contributed by atoms with Gasteiger partial charge in [0, 0.05) is 13.7 Å². The van der Waals surface area contributed by atoms with Gasteiger partial charge in [0.1, 0.15) is 9.09 Å².